The number of carbonyl (C=O) groups excluding carboxylic acids is 2. The molecule has 4 heteroatoms. The molecular weight excluding hydrogens is 388 g/mol. The summed E-state index contributed by atoms with van der Waals surface area (Å²) in [5, 5.41) is 0. The van der Waals surface area contributed by atoms with Crippen LogP contribution in [0.15, 0.2) is 12.2 Å². The fourth-order valence-electron chi connectivity index (χ4n) is 3.46. The Morgan fingerprint density at radius 1 is 0.516 bits per heavy atom. The first-order valence-electron chi connectivity index (χ1n) is 13.2. The number of esters is 2. The van der Waals surface area contributed by atoms with Crippen LogP contribution in [0.5, 0.6) is 0 Å². The van der Waals surface area contributed by atoms with Gasteiger partial charge in [0.25, 0.3) is 0 Å². The molecule has 0 radical (unpaired) electrons. The fourth-order valence-corrected chi connectivity index (χ4v) is 3.46. The monoisotopic (exact) mass is 438 g/mol. The molecule has 0 bridgehead atoms. The van der Waals surface area contributed by atoms with Crippen LogP contribution in [0.4, 0.5) is 0 Å². The van der Waals surface area contributed by atoms with E-state index in [9.17, 15) is 9.59 Å². The number of hydrogen-bond acceptors (Lipinski definition) is 4. The van der Waals surface area contributed by atoms with Crippen molar-refractivity contribution in [2.75, 3.05) is 13.2 Å². The lowest BCUT2D eigenvalue weighted by atomic mass is 10.1. The summed E-state index contributed by atoms with van der Waals surface area (Å²) in [7, 11) is 0. The smallest absolute Gasteiger partial charge is 0.305 e. The van der Waals surface area contributed by atoms with E-state index in [1.54, 1.807) is 0 Å². The zero-order chi connectivity index (χ0) is 22.8. The van der Waals surface area contributed by atoms with Crippen molar-refractivity contribution in [2.45, 2.75) is 136 Å². The molecule has 0 saturated heterocycles. The summed E-state index contributed by atoms with van der Waals surface area (Å²) in [5.41, 5.74) is 0. The van der Waals surface area contributed by atoms with Crippen LogP contribution in [0.25, 0.3) is 0 Å². The van der Waals surface area contributed by atoms with Gasteiger partial charge in [-0.15, -0.1) is 0 Å². The molecular formula is C27H50O4. The van der Waals surface area contributed by atoms with Crippen LogP contribution in [0.2, 0.25) is 0 Å². The van der Waals surface area contributed by atoms with E-state index in [2.05, 4.69) is 26.0 Å². The molecule has 0 aliphatic carbocycles. The Morgan fingerprint density at radius 2 is 0.968 bits per heavy atom. The lowest BCUT2D eigenvalue weighted by Crippen LogP contribution is -2.09. The second kappa shape index (κ2) is 24.9. The van der Waals surface area contributed by atoms with Gasteiger partial charge in [0.2, 0.25) is 0 Å². The van der Waals surface area contributed by atoms with Gasteiger partial charge in [-0.2, -0.15) is 0 Å². The predicted octanol–water partition coefficient (Wildman–Crippen LogP) is 8.08. The van der Waals surface area contributed by atoms with Crippen LogP contribution in [0, 0.1) is 0 Å². The average molecular weight is 439 g/mol. The Bertz CT molecular complexity index is 431. The van der Waals surface area contributed by atoms with Crippen LogP contribution in [-0.4, -0.2) is 25.2 Å². The first-order chi connectivity index (χ1) is 15.2. The molecule has 0 aromatic carbocycles. The van der Waals surface area contributed by atoms with Gasteiger partial charge in [0.05, 0.1) is 13.2 Å². The van der Waals surface area contributed by atoms with Gasteiger partial charge >= 0.3 is 11.9 Å². The summed E-state index contributed by atoms with van der Waals surface area (Å²) in [6.07, 6.45) is 25.0. The van der Waals surface area contributed by atoms with Gasteiger partial charge in [-0.3, -0.25) is 9.59 Å². The maximum Gasteiger partial charge on any atom is 0.305 e. The topological polar surface area (TPSA) is 52.6 Å². The number of carbonyl (C=O) groups is 2. The van der Waals surface area contributed by atoms with Crippen molar-refractivity contribution in [3.63, 3.8) is 0 Å². The largest absolute Gasteiger partial charge is 0.466 e. The summed E-state index contributed by atoms with van der Waals surface area (Å²) < 4.78 is 10.4. The standard InChI is InChI=1S/C27H50O4/c1-3-5-7-9-11-12-13-14-16-18-20-25-31-27(29)23-21-22-26(28)30-24-19-17-15-10-8-6-4-2/h15,17H,3-14,16,18-25H2,1-2H3/b17-15-. The van der Waals surface area contributed by atoms with Crippen molar-refractivity contribution in [1.82, 2.24) is 0 Å². The Hall–Kier alpha value is -1.32. The predicted molar refractivity (Wildman–Crippen MR) is 130 cm³/mol. The molecule has 31 heavy (non-hydrogen) atoms. The van der Waals surface area contributed by atoms with Crippen molar-refractivity contribution in [3.8, 4) is 0 Å². The number of ether oxygens (including phenoxy) is 2. The number of unbranched alkanes of at least 4 members (excludes halogenated alkanes) is 13. The highest BCUT2D eigenvalue weighted by Gasteiger charge is 2.07. The number of allylic oxidation sites excluding steroid dienone is 1. The third-order valence-electron chi connectivity index (χ3n) is 5.46. The molecule has 0 heterocycles. The summed E-state index contributed by atoms with van der Waals surface area (Å²) >= 11 is 0. The summed E-state index contributed by atoms with van der Waals surface area (Å²) in [4.78, 5) is 23.4. The molecule has 0 unspecified atom stereocenters. The molecule has 0 spiro atoms. The van der Waals surface area contributed by atoms with Crippen molar-refractivity contribution in [1.29, 1.82) is 0 Å². The molecule has 0 N–H and O–H groups in total. The maximum atomic E-state index is 11.7. The van der Waals surface area contributed by atoms with Crippen LogP contribution in [0.3, 0.4) is 0 Å². The van der Waals surface area contributed by atoms with Crippen molar-refractivity contribution < 1.29 is 19.1 Å². The second-order valence-electron chi connectivity index (χ2n) is 8.59. The van der Waals surface area contributed by atoms with E-state index in [4.69, 9.17) is 9.47 Å². The molecule has 0 rings (SSSR count). The Morgan fingerprint density at radius 3 is 1.55 bits per heavy atom. The Labute approximate surface area is 192 Å². The van der Waals surface area contributed by atoms with Gasteiger partial charge in [-0.05, 0) is 32.1 Å². The average Bonchev–Trinajstić information content (AvgIpc) is 2.76. The molecule has 0 amide bonds. The third kappa shape index (κ3) is 24.8. The number of rotatable bonds is 23. The Balaban J connectivity index is 3.34. The van der Waals surface area contributed by atoms with Crippen LogP contribution in [-0.2, 0) is 19.1 Å². The molecule has 0 fully saturated rings. The van der Waals surface area contributed by atoms with E-state index in [-0.39, 0.29) is 18.4 Å². The van der Waals surface area contributed by atoms with E-state index in [0.717, 1.165) is 25.7 Å². The zero-order valence-corrected chi connectivity index (χ0v) is 20.6. The van der Waals surface area contributed by atoms with Crippen molar-refractivity contribution in [3.05, 3.63) is 12.2 Å². The van der Waals surface area contributed by atoms with Gasteiger partial charge < -0.3 is 9.47 Å². The molecule has 0 aromatic rings. The zero-order valence-electron chi connectivity index (χ0n) is 20.6. The van der Waals surface area contributed by atoms with Gasteiger partial charge in [0, 0.05) is 12.8 Å². The van der Waals surface area contributed by atoms with Crippen LogP contribution < -0.4 is 0 Å². The van der Waals surface area contributed by atoms with Gasteiger partial charge in [-0.25, -0.2) is 0 Å². The van der Waals surface area contributed by atoms with Crippen LogP contribution >= 0.6 is 0 Å². The molecule has 4 nitrogen and oxygen atoms in total. The van der Waals surface area contributed by atoms with Crippen LogP contribution in [0.1, 0.15) is 136 Å². The van der Waals surface area contributed by atoms with Crippen molar-refractivity contribution >= 4 is 11.9 Å². The van der Waals surface area contributed by atoms with Gasteiger partial charge in [0.15, 0.2) is 0 Å². The van der Waals surface area contributed by atoms with Gasteiger partial charge in [0.1, 0.15) is 0 Å². The molecule has 0 saturated carbocycles. The van der Waals surface area contributed by atoms with Gasteiger partial charge in [-0.1, -0.05) is 103 Å². The summed E-state index contributed by atoms with van der Waals surface area (Å²) in [6.45, 7) is 5.38. The lowest BCUT2D eigenvalue weighted by Gasteiger charge is -2.06. The highest BCUT2D eigenvalue weighted by atomic mass is 16.5. The number of hydrogen-bond donors (Lipinski definition) is 0. The molecule has 0 aliphatic rings. The van der Waals surface area contributed by atoms with E-state index in [1.165, 1.54) is 77.0 Å². The minimum absolute atomic E-state index is 0.199. The van der Waals surface area contributed by atoms with Crippen molar-refractivity contribution in [2.24, 2.45) is 0 Å². The van der Waals surface area contributed by atoms with E-state index >= 15 is 0 Å². The molecule has 0 aliphatic heterocycles. The molecule has 0 aromatic heterocycles. The quantitative estimate of drug-likeness (QED) is 0.0919. The third-order valence-corrected chi connectivity index (χ3v) is 5.46. The highest BCUT2D eigenvalue weighted by Crippen LogP contribution is 2.11. The lowest BCUT2D eigenvalue weighted by molar-refractivity contribution is -0.145. The minimum atomic E-state index is -0.224. The molecule has 0 atom stereocenters. The first-order valence-corrected chi connectivity index (χ1v) is 13.2. The summed E-state index contributed by atoms with van der Waals surface area (Å²) in [6, 6.07) is 0. The Kier molecular flexibility index (Phi) is 23.9. The SMILES string of the molecule is CCCCC/C=C\CCOC(=O)CCCC(=O)OCCCCCCCCCCCCC. The van der Waals surface area contributed by atoms with E-state index in [0.29, 0.717) is 26.1 Å². The fraction of sp³-hybridized carbons (Fsp3) is 0.852. The first kappa shape index (κ1) is 29.7. The minimum Gasteiger partial charge on any atom is -0.466 e. The van der Waals surface area contributed by atoms with E-state index in [1.807, 2.05) is 0 Å². The highest BCUT2D eigenvalue weighted by molar-refractivity contribution is 5.72. The normalized spacial score (nSPS) is 11.2. The maximum absolute atomic E-state index is 11.7. The molecule has 182 valence electrons. The second-order valence-corrected chi connectivity index (χ2v) is 8.59. The van der Waals surface area contributed by atoms with E-state index < -0.39 is 0 Å². The summed E-state index contributed by atoms with van der Waals surface area (Å²) in [5.74, 6) is -0.424.